The second kappa shape index (κ2) is 7.30. The monoisotopic (exact) mass is 285 g/mol. The van der Waals surface area contributed by atoms with Crippen LogP contribution in [0.2, 0.25) is 0 Å². The molecule has 0 saturated heterocycles. The summed E-state index contributed by atoms with van der Waals surface area (Å²) in [7, 11) is 0. The van der Waals surface area contributed by atoms with Crippen molar-refractivity contribution >= 4 is 0 Å². The van der Waals surface area contributed by atoms with Gasteiger partial charge in [-0.25, -0.2) is 4.39 Å². The Labute approximate surface area is 123 Å². The minimum Gasteiger partial charge on any atom is -0.493 e. The summed E-state index contributed by atoms with van der Waals surface area (Å²) in [6.07, 6.45) is 0.690. The number of hydrogen-bond donors (Lipinski definition) is 0. The number of halogens is 1. The Kier molecular flexibility index (Phi) is 5.16. The highest BCUT2D eigenvalue weighted by atomic mass is 19.1. The average molecular weight is 285 g/mol. The van der Waals surface area contributed by atoms with Crippen LogP contribution in [0.15, 0.2) is 42.5 Å². The van der Waals surface area contributed by atoms with E-state index >= 15 is 0 Å². The van der Waals surface area contributed by atoms with Crippen molar-refractivity contribution in [2.24, 2.45) is 0 Å². The predicted octanol–water partition coefficient (Wildman–Crippen LogP) is 3.85. The first-order valence-corrected chi connectivity index (χ1v) is 6.71. The molecule has 0 aliphatic rings. The zero-order valence-electron chi connectivity index (χ0n) is 11.8. The van der Waals surface area contributed by atoms with Crippen LogP contribution < -0.4 is 9.47 Å². The van der Waals surface area contributed by atoms with E-state index in [1.54, 1.807) is 30.3 Å². The first-order valence-electron chi connectivity index (χ1n) is 6.71. The van der Waals surface area contributed by atoms with Gasteiger partial charge in [0.25, 0.3) is 0 Å². The van der Waals surface area contributed by atoms with E-state index in [9.17, 15) is 4.39 Å². The van der Waals surface area contributed by atoms with Crippen molar-refractivity contribution in [1.82, 2.24) is 0 Å². The third-order valence-electron chi connectivity index (χ3n) is 2.95. The Bertz CT molecular complexity index is 632. The summed E-state index contributed by atoms with van der Waals surface area (Å²) >= 11 is 0. The standard InChI is InChI=1S/C17H16FNO2/c1-13-3-6-15(18)11-17(13)21-10-2-9-20-16-7-4-14(12-19)5-8-16/h3-8,11H,2,9-10H2,1H3. The van der Waals surface area contributed by atoms with Crippen LogP contribution in [-0.2, 0) is 0 Å². The molecule has 2 rings (SSSR count). The van der Waals surface area contributed by atoms with Gasteiger partial charge in [-0.2, -0.15) is 5.26 Å². The Hall–Kier alpha value is -2.54. The van der Waals surface area contributed by atoms with E-state index in [1.807, 2.05) is 6.92 Å². The smallest absolute Gasteiger partial charge is 0.126 e. The van der Waals surface area contributed by atoms with Gasteiger partial charge < -0.3 is 9.47 Å². The summed E-state index contributed by atoms with van der Waals surface area (Å²) < 4.78 is 24.1. The van der Waals surface area contributed by atoms with Crippen molar-refractivity contribution in [3.63, 3.8) is 0 Å². The fourth-order valence-corrected chi connectivity index (χ4v) is 1.79. The number of nitriles is 1. The molecule has 4 heteroatoms. The lowest BCUT2D eigenvalue weighted by atomic mass is 10.2. The molecule has 0 aromatic heterocycles. The van der Waals surface area contributed by atoms with E-state index in [1.165, 1.54) is 12.1 Å². The molecule has 0 spiro atoms. The number of benzene rings is 2. The van der Waals surface area contributed by atoms with Gasteiger partial charge in [0, 0.05) is 12.5 Å². The Morgan fingerprint density at radius 3 is 2.48 bits per heavy atom. The van der Waals surface area contributed by atoms with E-state index in [0.29, 0.717) is 30.9 Å². The highest BCUT2D eigenvalue weighted by molar-refractivity contribution is 5.34. The van der Waals surface area contributed by atoms with Crippen LogP contribution in [0.5, 0.6) is 11.5 Å². The lowest BCUT2D eigenvalue weighted by Crippen LogP contribution is -2.05. The molecule has 108 valence electrons. The molecular formula is C17H16FNO2. The van der Waals surface area contributed by atoms with Crippen LogP contribution in [-0.4, -0.2) is 13.2 Å². The van der Waals surface area contributed by atoms with Crippen LogP contribution >= 0.6 is 0 Å². The lowest BCUT2D eigenvalue weighted by molar-refractivity contribution is 0.246. The van der Waals surface area contributed by atoms with Crippen molar-refractivity contribution in [3.8, 4) is 17.6 Å². The number of nitrogens with zero attached hydrogens (tertiary/aromatic N) is 1. The molecule has 0 atom stereocenters. The fraction of sp³-hybridized carbons (Fsp3) is 0.235. The highest BCUT2D eigenvalue weighted by Crippen LogP contribution is 2.19. The van der Waals surface area contributed by atoms with Gasteiger partial charge in [-0.05, 0) is 42.8 Å². The van der Waals surface area contributed by atoms with Gasteiger partial charge in [-0.1, -0.05) is 6.07 Å². The average Bonchev–Trinajstić information content (AvgIpc) is 2.51. The number of hydrogen-bond acceptors (Lipinski definition) is 3. The highest BCUT2D eigenvalue weighted by Gasteiger charge is 2.01. The van der Waals surface area contributed by atoms with Crippen molar-refractivity contribution in [3.05, 3.63) is 59.4 Å². The molecule has 0 aliphatic heterocycles. The third kappa shape index (κ3) is 4.50. The van der Waals surface area contributed by atoms with Crippen LogP contribution in [0, 0.1) is 24.1 Å². The van der Waals surface area contributed by atoms with Crippen molar-refractivity contribution in [2.45, 2.75) is 13.3 Å². The second-order valence-electron chi connectivity index (χ2n) is 4.60. The summed E-state index contributed by atoms with van der Waals surface area (Å²) in [6, 6.07) is 13.5. The largest absolute Gasteiger partial charge is 0.493 e. The van der Waals surface area contributed by atoms with Crippen molar-refractivity contribution in [2.75, 3.05) is 13.2 Å². The molecule has 0 N–H and O–H groups in total. The normalized spacial score (nSPS) is 9.95. The van der Waals surface area contributed by atoms with E-state index in [0.717, 1.165) is 11.3 Å². The maximum absolute atomic E-state index is 13.1. The summed E-state index contributed by atoms with van der Waals surface area (Å²) in [5.74, 6) is 0.980. The lowest BCUT2D eigenvalue weighted by Gasteiger charge is -2.10. The summed E-state index contributed by atoms with van der Waals surface area (Å²) in [5.41, 5.74) is 1.51. The number of ether oxygens (including phenoxy) is 2. The molecule has 2 aromatic carbocycles. The second-order valence-corrected chi connectivity index (χ2v) is 4.60. The van der Waals surface area contributed by atoms with Crippen LogP contribution in [0.4, 0.5) is 4.39 Å². The first-order chi connectivity index (χ1) is 10.2. The molecular weight excluding hydrogens is 269 g/mol. The topological polar surface area (TPSA) is 42.2 Å². The number of aryl methyl sites for hydroxylation is 1. The van der Waals surface area contributed by atoms with Crippen molar-refractivity contribution < 1.29 is 13.9 Å². The molecule has 0 bridgehead atoms. The SMILES string of the molecule is Cc1ccc(F)cc1OCCCOc1ccc(C#N)cc1. The molecule has 0 radical (unpaired) electrons. The fourth-order valence-electron chi connectivity index (χ4n) is 1.79. The summed E-state index contributed by atoms with van der Waals surface area (Å²) in [4.78, 5) is 0. The molecule has 0 amide bonds. The number of rotatable bonds is 6. The van der Waals surface area contributed by atoms with E-state index in [2.05, 4.69) is 6.07 Å². The zero-order valence-corrected chi connectivity index (χ0v) is 11.8. The molecule has 21 heavy (non-hydrogen) atoms. The Balaban J connectivity index is 1.72. The summed E-state index contributed by atoms with van der Waals surface area (Å²) in [6.45, 7) is 2.84. The predicted molar refractivity (Wildman–Crippen MR) is 77.9 cm³/mol. The molecule has 0 saturated carbocycles. The van der Waals surface area contributed by atoms with Gasteiger partial charge in [0.1, 0.15) is 17.3 Å². The van der Waals surface area contributed by atoms with E-state index < -0.39 is 0 Å². The van der Waals surface area contributed by atoms with E-state index in [4.69, 9.17) is 14.7 Å². The molecule has 2 aromatic rings. The quantitative estimate of drug-likeness (QED) is 0.757. The molecule has 0 heterocycles. The molecule has 0 unspecified atom stereocenters. The minimum absolute atomic E-state index is 0.301. The van der Waals surface area contributed by atoms with Gasteiger partial charge >= 0.3 is 0 Å². The Morgan fingerprint density at radius 1 is 1.05 bits per heavy atom. The van der Waals surface area contributed by atoms with Gasteiger partial charge in [0.05, 0.1) is 24.8 Å². The van der Waals surface area contributed by atoms with Gasteiger partial charge in [0.15, 0.2) is 0 Å². The van der Waals surface area contributed by atoms with E-state index in [-0.39, 0.29) is 5.82 Å². The summed E-state index contributed by atoms with van der Waals surface area (Å²) in [5, 5.41) is 8.69. The Morgan fingerprint density at radius 2 is 1.76 bits per heavy atom. The van der Waals surface area contributed by atoms with Gasteiger partial charge in [-0.3, -0.25) is 0 Å². The van der Waals surface area contributed by atoms with Crippen LogP contribution in [0.1, 0.15) is 17.5 Å². The zero-order chi connectivity index (χ0) is 15.1. The maximum atomic E-state index is 13.1. The van der Waals surface area contributed by atoms with Crippen molar-refractivity contribution in [1.29, 1.82) is 5.26 Å². The molecule has 0 aliphatic carbocycles. The first kappa shape index (κ1) is 14.9. The molecule has 0 fully saturated rings. The van der Waals surface area contributed by atoms with Crippen LogP contribution in [0.25, 0.3) is 0 Å². The third-order valence-corrected chi connectivity index (χ3v) is 2.95. The van der Waals surface area contributed by atoms with Gasteiger partial charge in [0.2, 0.25) is 0 Å². The van der Waals surface area contributed by atoms with Gasteiger partial charge in [-0.15, -0.1) is 0 Å². The van der Waals surface area contributed by atoms with Crippen LogP contribution in [0.3, 0.4) is 0 Å². The maximum Gasteiger partial charge on any atom is 0.126 e. The minimum atomic E-state index is -0.301. The molecule has 3 nitrogen and oxygen atoms in total.